The summed E-state index contributed by atoms with van der Waals surface area (Å²) in [6.45, 7) is 0. The van der Waals surface area contributed by atoms with Crippen molar-refractivity contribution in [2.75, 3.05) is 0 Å². The van der Waals surface area contributed by atoms with Crippen LogP contribution >= 0.6 is 22.9 Å². The summed E-state index contributed by atoms with van der Waals surface area (Å²) in [7, 11) is 0. The fourth-order valence-electron chi connectivity index (χ4n) is 1.12. The summed E-state index contributed by atoms with van der Waals surface area (Å²) in [6.07, 6.45) is 2.73. The average molecular weight is 210 g/mol. The van der Waals surface area contributed by atoms with Crippen LogP contribution in [0.2, 0.25) is 5.02 Å². The molecule has 0 atom stereocenters. The van der Waals surface area contributed by atoms with Crippen molar-refractivity contribution in [3.8, 4) is 0 Å². The third kappa shape index (κ3) is 2.29. The molecule has 1 aromatic carbocycles. The van der Waals surface area contributed by atoms with Crippen molar-refractivity contribution in [2.45, 2.75) is 6.42 Å². The Kier molecular flexibility index (Phi) is 2.62. The molecule has 0 aliphatic rings. The Morgan fingerprint density at radius 1 is 1.23 bits per heavy atom. The lowest BCUT2D eigenvalue weighted by Crippen LogP contribution is -1.85. The molecule has 66 valence electrons. The van der Waals surface area contributed by atoms with Gasteiger partial charge in [-0.1, -0.05) is 23.7 Å². The second kappa shape index (κ2) is 3.90. The average Bonchev–Trinajstić information content (AvgIpc) is 2.62. The van der Waals surface area contributed by atoms with E-state index >= 15 is 0 Å². The van der Waals surface area contributed by atoms with Crippen LogP contribution < -0.4 is 0 Å². The molecule has 0 N–H and O–H groups in total. The maximum absolute atomic E-state index is 5.78. The third-order valence-corrected chi connectivity index (χ3v) is 2.78. The third-order valence-electron chi connectivity index (χ3n) is 1.75. The lowest BCUT2D eigenvalue weighted by Gasteiger charge is -1.97. The Labute approximate surface area is 86.0 Å². The van der Waals surface area contributed by atoms with Gasteiger partial charge in [0.25, 0.3) is 0 Å². The molecule has 2 aromatic rings. The van der Waals surface area contributed by atoms with Gasteiger partial charge in [0.15, 0.2) is 0 Å². The monoisotopic (exact) mass is 209 g/mol. The van der Waals surface area contributed by atoms with Crippen LogP contribution in [-0.4, -0.2) is 4.98 Å². The first-order valence-corrected chi connectivity index (χ1v) is 5.23. The maximum Gasteiger partial charge on any atom is 0.0968 e. The summed E-state index contributed by atoms with van der Waals surface area (Å²) >= 11 is 7.46. The van der Waals surface area contributed by atoms with Crippen molar-refractivity contribution in [3.63, 3.8) is 0 Å². The zero-order valence-corrected chi connectivity index (χ0v) is 8.48. The first kappa shape index (κ1) is 8.73. The summed E-state index contributed by atoms with van der Waals surface area (Å²) in [5.41, 5.74) is 1.25. The molecule has 1 heterocycles. The number of hydrogen-bond acceptors (Lipinski definition) is 2. The van der Waals surface area contributed by atoms with E-state index in [1.54, 1.807) is 11.3 Å². The normalized spacial score (nSPS) is 10.2. The van der Waals surface area contributed by atoms with Gasteiger partial charge in [-0.2, -0.15) is 0 Å². The Morgan fingerprint density at radius 2 is 2.00 bits per heavy atom. The van der Waals surface area contributed by atoms with Crippen LogP contribution in [0, 0.1) is 0 Å². The second-order valence-corrected chi connectivity index (χ2v) is 4.14. The van der Waals surface area contributed by atoms with Gasteiger partial charge >= 0.3 is 0 Å². The summed E-state index contributed by atoms with van der Waals surface area (Å²) in [5.74, 6) is 0. The zero-order chi connectivity index (χ0) is 9.10. The predicted octanol–water partition coefficient (Wildman–Crippen LogP) is 3.39. The highest BCUT2D eigenvalue weighted by molar-refractivity contribution is 7.09. The van der Waals surface area contributed by atoms with E-state index in [9.17, 15) is 0 Å². The molecule has 13 heavy (non-hydrogen) atoms. The molecule has 0 unspecified atom stereocenters. The molecule has 0 aliphatic carbocycles. The van der Waals surface area contributed by atoms with Gasteiger partial charge in [0.05, 0.1) is 5.01 Å². The SMILES string of the molecule is Clc1ccc(Cc2nccs2)cc1. The molecule has 0 fully saturated rings. The quantitative estimate of drug-likeness (QED) is 0.739. The second-order valence-electron chi connectivity index (χ2n) is 2.73. The number of halogens is 1. The fourth-order valence-corrected chi connectivity index (χ4v) is 1.89. The highest BCUT2D eigenvalue weighted by Gasteiger charge is 1.97. The van der Waals surface area contributed by atoms with Gasteiger partial charge in [-0.05, 0) is 17.7 Å². The minimum atomic E-state index is 0.780. The fraction of sp³-hybridized carbons (Fsp3) is 0.100. The number of benzene rings is 1. The highest BCUT2D eigenvalue weighted by Crippen LogP contribution is 2.14. The van der Waals surface area contributed by atoms with Gasteiger partial charge in [-0.15, -0.1) is 11.3 Å². The zero-order valence-electron chi connectivity index (χ0n) is 6.90. The van der Waals surface area contributed by atoms with Gasteiger partial charge in [-0.25, -0.2) is 4.98 Å². The van der Waals surface area contributed by atoms with Crippen molar-refractivity contribution in [1.82, 2.24) is 4.98 Å². The molecular weight excluding hydrogens is 202 g/mol. The molecule has 0 saturated carbocycles. The van der Waals surface area contributed by atoms with Crippen LogP contribution in [0.5, 0.6) is 0 Å². The largest absolute Gasteiger partial charge is 0.249 e. The minimum absolute atomic E-state index is 0.780. The summed E-state index contributed by atoms with van der Waals surface area (Å²) in [6, 6.07) is 7.88. The Bertz CT molecular complexity index is 366. The summed E-state index contributed by atoms with van der Waals surface area (Å²) < 4.78 is 0. The molecule has 0 spiro atoms. The molecule has 0 saturated heterocycles. The predicted molar refractivity (Wildman–Crippen MR) is 56.4 cm³/mol. The molecule has 0 amide bonds. The Balaban J connectivity index is 2.15. The molecule has 2 rings (SSSR count). The standard InChI is InChI=1S/C10H8ClNS/c11-9-3-1-8(2-4-9)7-10-12-5-6-13-10/h1-6H,7H2. The summed E-state index contributed by atoms with van der Waals surface area (Å²) in [4.78, 5) is 4.22. The van der Waals surface area contributed by atoms with Crippen LogP contribution in [0.15, 0.2) is 35.8 Å². The molecule has 0 bridgehead atoms. The van der Waals surface area contributed by atoms with Gasteiger partial charge in [0, 0.05) is 23.0 Å². The van der Waals surface area contributed by atoms with Gasteiger partial charge in [0.2, 0.25) is 0 Å². The molecule has 3 heteroatoms. The number of thiazole rings is 1. The van der Waals surface area contributed by atoms with E-state index in [2.05, 4.69) is 4.98 Å². The Morgan fingerprint density at radius 3 is 2.62 bits per heavy atom. The lowest BCUT2D eigenvalue weighted by atomic mass is 10.2. The molecule has 1 aromatic heterocycles. The maximum atomic E-state index is 5.78. The molecule has 0 radical (unpaired) electrons. The van der Waals surface area contributed by atoms with Gasteiger partial charge < -0.3 is 0 Å². The van der Waals surface area contributed by atoms with E-state index in [1.165, 1.54) is 5.56 Å². The molecule has 1 nitrogen and oxygen atoms in total. The van der Waals surface area contributed by atoms with E-state index in [0.717, 1.165) is 16.5 Å². The topological polar surface area (TPSA) is 12.9 Å². The molecular formula is C10H8ClNS. The number of hydrogen-bond donors (Lipinski definition) is 0. The van der Waals surface area contributed by atoms with Crippen molar-refractivity contribution in [1.29, 1.82) is 0 Å². The van der Waals surface area contributed by atoms with Crippen LogP contribution in [0.3, 0.4) is 0 Å². The van der Waals surface area contributed by atoms with Gasteiger partial charge in [-0.3, -0.25) is 0 Å². The van der Waals surface area contributed by atoms with Crippen LogP contribution in [-0.2, 0) is 6.42 Å². The van der Waals surface area contributed by atoms with Crippen LogP contribution in [0.1, 0.15) is 10.6 Å². The number of aromatic nitrogens is 1. The van der Waals surface area contributed by atoms with E-state index in [1.807, 2.05) is 35.8 Å². The summed E-state index contributed by atoms with van der Waals surface area (Å²) in [5, 5.41) is 3.91. The Hall–Kier alpha value is -0.860. The van der Waals surface area contributed by atoms with E-state index < -0.39 is 0 Å². The van der Waals surface area contributed by atoms with E-state index in [0.29, 0.717) is 0 Å². The van der Waals surface area contributed by atoms with Crippen molar-refractivity contribution < 1.29 is 0 Å². The number of rotatable bonds is 2. The first-order chi connectivity index (χ1) is 6.34. The van der Waals surface area contributed by atoms with E-state index in [4.69, 9.17) is 11.6 Å². The smallest absolute Gasteiger partial charge is 0.0968 e. The van der Waals surface area contributed by atoms with Crippen LogP contribution in [0.25, 0.3) is 0 Å². The van der Waals surface area contributed by atoms with E-state index in [-0.39, 0.29) is 0 Å². The lowest BCUT2D eigenvalue weighted by molar-refractivity contribution is 1.14. The highest BCUT2D eigenvalue weighted by atomic mass is 35.5. The minimum Gasteiger partial charge on any atom is -0.249 e. The molecule has 0 aliphatic heterocycles. The van der Waals surface area contributed by atoms with Crippen molar-refractivity contribution >= 4 is 22.9 Å². The van der Waals surface area contributed by atoms with Crippen molar-refractivity contribution in [2.24, 2.45) is 0 Å². The van der Waals surface area contributed by atoms with Gasteiger partial charge in [0.1, 0.15) is 0 Å². The number of nitrogens with zero attached hydrogens (tertiary/aromatic N) is 1. The van der Waals surface area contributed by atoms with Crippen LogP contribution in [0.4, 0.5) is 0 Å². The van der Waals surface area contributed by atoms with Crippen molar-refractivity contribution in [3.05, 3.63) is 51.4 Å². The first-order valence-electron chi connectivity index (χ1n) is 3.97.